The van der Waals surface area contributed by atoms with E-state index in [2.05, 4.69) is 17.1 Å². The van der Waals surface area contributed by atoms with Crippen molar-refractivity contribution in [2.75, 3.05) is 6.61 Å². The zero-order valence-corrected chi connectivity index (χ0v) is 13.6. The van der Waals surface area contributed by atoms with Crippen LogP contribution in [0.3, 0.4) is 0 Å². The van der Waals surface area contributed by atoms with E-state index in [4.69, 9.17) is 14.7 Å². The molecule has 1 saturated heterocycles. The monoisotopic (exact) mass is 366 g/mol. The van der Waals surface area contributed by atoms with E-state index >= 15 is 0 Å². The number of ether oxygens (including phenoxy) is 1. The maximum absolute atomic E-state index is 13.4. The van der Waals surface area contributed by atoms with Gasteiger partial charge in [-0.1, -0.05) is 11.7 Å². The third-order valence-corrected chi connectivity index (χ3v) is 4.27. The smallest absolute Gasteiger partial charge is 0.332 e. The van der Waals surface area contributed by atoms with Crippen LogP contribution in [0.15, 0.2) is 36.0 Å². The van der Waals surface area contributed by atoms with Crippen LogP contribution in [0.2, 0.25) is 0 Å². The maximum Gasteiger partial charge on any atom is 0.332 e. The van der Waals surface area contributed by atoms with Gasteiger partial charge in [0.2, 0.25) is 5.60 Å². The van der Waals surface area contributed by atoms with Crippen molar-refractivity contribution in [1.29, 1.82) is 0 Å². The Kier molecular flexibility index (Phi) is 4.73. The normalized spacial score (nSPS) is 27.5. The molecule has 2 heterocycles. The van der Waals surface area contributed by atoms with E-state index in [0.29, 0.717) is 0 Å². The molecule has 0 saturated carbocycles. The van der Waals surface area contributed by atoms with E-state index in [1.807, 2.05) is 0 Å². The first-order valence-corrected chi connectivity index (χ1v) is 7.83. The molecule has 26 heavy (non-hydrogen) atoms. The van der Waals surface area contributed by atoms with E-state index in [-0.39, 0.29) is 30.7 Å². The first kappa shape index (κ1) is 18.0. The third kappa shape index (κ3) is 3.43. The molecule has 1 amide bonds. The van der Waals surface area contributed by atoms with Crippen LogP contribution in [0.4, 0.5) is 8.78 Å². The summed E-state index contributed by atoms with van der Waals surface area (Å²) >= 11 is 0. The quantitative estimate of drug-likeness (QED) is 0.768. The standard InChI is InChI=1S/C17H16F2N2O5/c1-2-17(16(24)20-12-6-14(15(22)23)25-8-12)7-13(21-26-17)9-3-10(18)5-11(19)4-9/h2-5,12,14H,1,6-8H2,(H,20,24)(H,22,23). The minimum absolute atomic E-state index is 0.0543. The molecule has 3 atom stereocenters. The van der Waals surface area contributed by atoms with Gasteiger partial charge in [-0.15, -0.1) is 0 Å². The second-order valence-corrected chi connectivity index (χ2v) is 6.12. The number of carbonyl (C=O) groups is 2. The highest BCUT2D eigenvalue weighted by Gasteiger charge is 2.46. The molecule has 0 aromatic heterocycles. The third-order valence-electron chi connectivity index (χ3n) is 4.27. The van der Waals surface area contributed by atoms with E-state index in [9.17, 15) is 18.4 Å². The number of halogens is 2. The van der Waals surface area contributed by atoms with Crippen LogP contribution >= 0.6 is 0 Å². The van der Waals surface area contributed by atoms with Crippen LogP contribution in [0, 0.1) is 11.6 Å². The number of hydrogen-bond donors (Lipinski definition) is 2. The predicted molar refractivity (Wildman–Crippen MR) is 85.4 cm³/mol. The largest absolute Gasteiger partial charge is 0.479 e. The van der Waals surface area contributed by atoms with Gasteiger partial charge in [-0.3, -0.25) is 4.79 Å². The fourth-order valence-electron chi connectivity index (χ4n) is 2.86. The van der Waals surface area contributed by atoms with E-state index in [0.717, 1.165) is 18.2 Å². The molecule has 2 N–H and O–H groups in total. The van der Waals surface area contributed by atoms with Gasteiger partial charge in [0, 0.05) is 24.5 Å². The summed E-state index contributed by atoms with van der Waals surface area (Å²) in [5, 5.41) is 15.3. The van der Waals surface area contributed by atoms with Crippen molar-refractivity contribution in [3.8, 4) is 0 Å². The number of nitrogens with one attached hydrogen (secondary N) is 1. The molecule has 1 aromatic carbocycles. The minimum atomic E-state index is -1.54. The molecule has 138 valence electrons. The number of carboxylic acid groups (broad SMARTS) is 1. The maximum atomic E-state index is 13.4. The number of nitrogens with zero attached hydrogens (tertiary/aromatic N) is 1. The molecule has 3 unspecified atom stereocenters. The van der Waals surface area contributed by atoms with Crippen molar-refractivity contribution < 1.29 is 33.1 Å². The second kappa shape index (κ2) is 6.83. The molecule has 0 radical (unpaired) electrons. The number of oxime groups is 1. The summed E-state index contributed by atoms with van der Waals surface area (Å²) in [5.41, 5.74) is -1.18. The van der Waals surface area contributed by atoms with Crippen molar-refractivity contribution in [3.05, 3.63) is 48.1 Å². The summed E-state index contributed by atoms with van der Waals surface area (Å²) < 4.78 is 31.9. The van der Waals surface area contributed by atoms with Gasteiger partial charge in [-0.25, -0.2) is 13.6 Å². The molecule has 0 spiro atoms. The zero-order chi connectivity index (χ0) is 18.9. The number of rotatable bonds is 5. The second-order valence-electron chi connectivity index (χ2n) is 6.12. The van der Waals surface area contributed by atoms with Crippen LogP contribution in [0.5, 0.6) is 0 Å². The highest BCUT2D eigenvalue weighted by atomic mass is 19.1. The van der Waals surface area contributed by atoms with Crippen LogP contribution in [-0.2, 0) is 19.2 Å². The van der Waals surface area contributed by atoms with Crippen molar-refractivity contribution in [3.63, 3.8) is 0 Å². The van der Waals surface area contributed by atoms with Gasteiger partial charge in [-0.2, -0.15) is 0 Å². The topological polar surface area (TPSA) is 97.2 Å². The minimum Gasteiger partial charge on any atom is -0.479 e. The summed E-state index contributed by atoms with van der Waals surface area (Å²) in [4.78, 5) is 28.8. The fraction of sp³-hybridized carbons (Fsp3) is 0.353. The number of aliphatic carboxylic acids is 1. The zero-order valence-electron chi connectivity index (χ0n) is 13.6. The summed E-state index contributed by atoms with van der Waals surface area (Å²) in [7, 11) is 0. The van der Waals surface area contributed by atoms with Gasteiger partial charge in [0.1, 0.15) is 11.6 Å². The molecular formula is C17H16F2N2O5. The number of carboxylic acids is 1. The summed E-state index contributed by atoms with van der Waals surface area (Å²) in [6.07, 6.45) is 0.323. The molecule has 2 aliphatic heterocycles. The van der Waals surface area contributed by atoms with Crippen LogP contribution in [-0.4, -0.2) is 47.0 Å². The lowest BCUT2D eigenvalue weighted by Crippen LogP contribution is -2.49. The number of amides is 1. The van der Waals surface area contributed by atoms with Crippen molar-refractivity contribution in [1.82, 2.24) is 5.32 Å². The van der Waals surface area contributed by atoms with Crippen LogP contribution in [0.25, 0.3) is 0 Å². The first-order valence-electron chi connectivity index (χ1n) is 7.83. The van der Waals surface area contributed by atoms with Gasteiger partial charge in [-0.05, 0) is 18.2 Å². The Morgan fingerprint density at radius 2 is 2.04 bits per heavy atom. The molecule has 9 heteroatoms. The van der Waals surface area contributed by atoms with E-state index < -0.39 is 41.3 Å². The average Bonchev–Trinajstić information content (AvgIpc) is 3.21. The lowest BCUT2D eigenvalue weighted by atomic mass is 9.92. The Bertz CT molecular complexity index is 777. The molecule has 1 fully saturated rings. The highest BCUT2D eigenvalue weighted by molar-refractivity contribution is 6.06. The predicted octanol–water partition coefficient (Wildman–Crippen LogP) is 1.37. The SMILES string of the molecule is C=CC1(C(=O)NC2COC(C(=O)O)C2)CC(c2cc(F)cc(F)c2)=NO1. The van der Waals surface area contributed by atoms with Gasteiger partial charge in [0.15, 0.2) is 6.10 Å². The van der Waals surface area contributed by atoms with Gasteiger partial charge in [0.25, 0.3) is 5.91 Å². The molecule has 3 rings (SSSR count). The molecule has 2 aliphatic rings. The van der Waals surface area contributed by atoms with Crippen molar-refractivity contribution >= 4 is 17.6 Å². The van der Waals surface area contributed by atoms with E-state index in [1.54, 1.807) is 0 Å². The fourth-order valence-corrected chi connectivity index (χ4v) is 2.86. The Hall–Kier alpha value is -2.81. The highest BCUT2D eigenvalue weighted by Crippen LogP contribution is 2.29. The van der Waals surface area contributed by atoms with Gasteiger partial charge < -0.3 is 20.0 Å². The number of carbonyl (C=O) groups excluding carboxylic acids is 1. The van der Waals surface area contributed by atoms with Crippen molar-refractivity contribution in [2.24, 2.45) is 5.16 Å². The Labute approximate surface area is 147 Å². The number of benzene rings is 1. The molecule has 0 bridgehead atoms. The number of hydrogen-bond acceptors (Lipinski definition) is 5. The molecular weight excluding hydrogens is 350 g/mol. The van der Waals surface area contributed by atoms with Crippen LogP contribution in [0.1, 0.15) is 18.4 Å². The summed E-state index contributed by atoms with van der Waals surface area (Å²) in [6, 6.07) is 2.40. The molecule has 0 aliphatic carbocycles. The molecule has 1 aromatic rings. The summed E-state index contributed by atoms with van der Waals surface area (Å²) in [6.45, 7) is 3.64. The Balaban J connectivity index is 1.70. The van der Waals surface area contributed by atoms with E-state index in [1.165, 1.54) is 6.08 Å². The van der Waals surface area contributed by atoms with Gasteiger partial charge in [0.05, 0.1) is 18.4 Å². The Morgan fingerprint density at radius 1 is 1.35 bits per heavy atom. The first-order chi connectivity index (χ1) is 12.3. The van der Waals surface area contributed by atoms with Crippen LogP contribution < -0.4 is 5.32 Å². The van der Waals surface area contributed by atoms with Crippen molar-refractivity contribution in [2.45, 2.75) is 30.6 Å². The van der Waals surface area contributed by atoms with Gasteiger partial charge >= 0.3 is 5.97 Å². The lowest BCUT2D eigenvalue weighted by molar-refractivity contribution is -0.147. The lowest BCUT2D eigenvalue weighted by Gasteiger charge is -2.23. The molecule has 7 nitrogen and oxygen atoms in total. The summed E-state index contributed by atoms with van der Waals surface area (Å²) in [5.74, 6) is -3.23. The average molecular weight is 366 g/mol. The Morgan fingerprint density at radius 3 is 2.62 bits per heavy atom.